The van der Waals surface area contributed by atoms with Crippen molar-refractivity contribution in [1.29, 1.82) is 0 Å². The van der Waals surface area contributed by atoms with Gasteiger partial charge in [0.25, 0.3) is 0 Å². The maximum Gasteiger partial charge on any atom is 0.145 e. The Labute approximate surface area is 298 Å². The van der Waals surface area contributed by atoms with Crippen LogP contribution in [0.25, 0.3) is 38.5 Å². The van der Waals surface area contributed by atoms with E-state index in [1.54, 1.807) is 11.8 Å². The minimum atomic E-state index is -0.207. The van der Waals surface area contributed by atoms with Crippen molar-refractivity contribution in [3.63, 3.8) is 0 Å². The zero-order valence-electron chi connectivity index (χ0n) is 29.4. The van der Waals surface area contributed by atoms with Crippen LogP contribution >= 0.6 is 11.8 Å². The molecule has 0 unspecified atom stereocenters. The quantitative estimate of drug-likeness (QED) is 0.176. The molecule has 3 aromatic heterocycles. The number of phenols is 1. The van der Waals surface area contributed by atoms with Gasteiger partial charge >= 0.3 is 0 Å². The fraction of sp³-hybridized carbons (Fsp3) is 0.366. The second kappa shape index (κ2) is 12.7. The first-order valence-corrected chi connectivity index (χ1v) is 17.2. The third kappa shape index (κ3) is 6.51. The van der Waals surface area contributed by atoms with Gasteiger partial charge in [0.15, 0.2) is 0 Å². The number of aromatic nitrogens is 3. The number of fused-ring (bicyclic) bond motifs is 4. The predicted molar refractivity (Wildman–Crippen MR) is 195 cm³/mol. The summed E-state index contributed by atoms with van der Waals surface area (Å²) in [5.74, 6) is 1.86. The van der Waals surface area contributed by atoms with Crippen molar-refractivity contribution in [2.45, 2.75) is 109 Å². The summed E-state index contributed by atoms with van der Waals surface area (Å²) in [5, 5.41) is 15.8. The van der Waals surface area contributed by atoms with E-state index in [1.807, 2.05) is 12.3 Å². The first-order valence-electron chi connectivity index (χ1n) is 16.4. The monoisotopic (exact) mass is 823 g/mol. The molecule has 0 fully saturated rings. The molecule has 6 aromatic rings. The van der Waals surface area contributed by atoms with Gasteiger partial charge in [0, 0.05) is 43.7 Å². The molecule has 0 radical (unpaired) electrons. The minimum absolute atomic E-state index is 0. The second-order valence-corrected chi connectivity index (χ2v) is 16.4. The van der Waals surface area contributed by atoms with E-state index in [0.717, 1.165) is 43.3 Å². The average Bonchev–Trinajstić information content (AvgIpc) is 3.28. The molecule has 0 spiro atoms. The Bertz CT molecular complexity index is 2130. The maximum atomic E-state index is 11.6. The van der Waals surface area contributed by atoms with Crippen LogP contribution < -0.4 is 0 Å². The molecule has 4 nitrogen and oxygen atoms in total. The number of phenolic OH excluding ortho intramolecular Hbond substituents is 1. The Hall–Kier alpha value is -3.14. The van der Waals surface area contributed by atoms with Gasteiger partial charge in [-0.1, -0.05) is 122 Å². The first-order chi connectivity index (χ1) is 21.5. The van der Waals surface area contributed by atoms with Crippen LogP contribution in [0, 0.1) is 13.0 Å². The van der Waals surface area contributed by atoms with Crippen LogP contribution in [0.15, 0.2) is 70.7 Å². The summed E-state index contributed by atoms with van der Waals surface area (Å²) >= 11 is 1.64. The number of hydrogen-bond donors (Lipinski definition) is 1. The Morgan fingerprint density at radius 2 is 1.49 bits per heavy atom. The van der Waals surface area contributed by atoms with Gasteiger partial charge in [-0.05, 0) is 70.0 Å². The van der Waals surface area contributed by atoms with Gasteiger partial charge < -0.3 is 9.67 Å². The van der Waals surface area contributed by atoms with E-state index in [2.05, 4.69) is 135 Å². The summed E-state index contributed by atoms with van der Waals surface area (Å²) in [6.07, 6.45) is 1.88. The molecule has 248 valence electrons. The number of hydrogen-bond acceptors (Lipinski definition) is 4. The van der Waals surface area contributed by atoms with Gasteiger partial charge in [-0.15, -0.1) is 17.0 Å². The zero-order chi connectivity index (χ0) is 33.3. The van der Waals surface area contributed by atoms with E-state index in [1.165, 1.54) is 27.5 Å². The number of aryl methyl sites for hydroxylation is 1. The van der Waals surface area contributed by atoms with Gasteiger partial charge in [0.1, 0.15) is 17.1 Å². The smallest absolute Gasteiger partial charge is 0.145 e. The largest absolute Gasteiger partial charge is 0.505 e. The van der Waals surface area contributed by atoms with E-state index < -0.39 is 0 Å². The van der Waals surface area contributed by atoms with Gasteiger partial charge in [-0.2, -0.15) is 6.07 Å². The molecule has 0 aliphatic carbocycles. The second-order valence-electron chi connectivity index (χ2n) is 15.4. The molecule has 47 heavy (non-hydrogen) atoms. The molecule has 0 saturated heterocycles. The molecule has 1 N–H and O–H groups in total. The summed E-state index contributed by atoms with van der Waals surface area (Å²) in [5.41, 5.74) is 8.24. The van der Waals surface area contributed by atoms with Crippen LogP contribution in [0.3, 0.4) is 0 Å². The van der Waals surface area contributed by atoms with E-state index in [0.29, 0.717) is 11.4 Å². The molecule has 0 bridgehead atoms. The normalized spacial score (nSPS) is 12.5. The maximum absolute atomic E-state index is 11.6. The van der Waals surface area contributed by atoms with E-state index in [4.69, 9.17) is 9.97 Å². The van der Waals surface area contributed by atoms with Crippen molar-refractivity contribution in [2.75, 3.05) is 0 Å². The summed E-state index contributed by atoms with van der Waals surface area (Å²) < 4.78 is 2.26. The number of aromatic hydroxyl groups is 1. The van der Waals surface area contributed by atoms with Crippen LogP contribution in [-0.4, -0.2) is 19.6 Å². The molecule has 6 heteroatoms. The third-order valence-corrected chi connectivity index (χ3v) is 9.96. The van der Waals surface area contributed by atoms with E-state index in [9.17, 15) is 5.11 Å². The van der Waals surface area contributed by atoms with Gasteiger partial charge in [-0.3, -0.25) is 0 Å². The van der Waals surface area contributed by atoms with Crippen molar-refractivity contribution < 1.29 is 26.2 Å². The van der Waals surface area contributed by atoms with Crippen LogP contribution in [-0.2, 0) is 31.9 Å². The van der Waals surface area contributed by atoms with Crippen molar-refractivity contribution in [3.8, 4) is 11.6 Å². The molecule has 0 atom stereocenters. The van der Waals surface area contributed by atoms with Crippen molar-refractivity contribution in [3.05, 3.63) is 94.7 Å². The fourth-order valence-electron chi connectivity index (χ4n) is 6.39. The molecule has 0 aliphatic heterocycles. The molecule has 6 rings (SSSR count). The third-order valence-electron chi connectivity index (χ3n) is 9.00. The molecule has 3 aromatic carbocycles. The zero-order valence-corrected chi connectivity index (χ0v) is 32.5. The SMILES string of the molecule is Cc1ccnc(-n2c3[c-]c(Sc4cc(C(C)(C)C)c5ccc(C(C)(C)C)c(O)c5n4)c(C(C)C)cc3c3cc(C(C)C)ccc32)c1.[Pt]. The van der Waals surface area contributed by atoms with Gasteiger partial charge in [-0.25, -0.2) is 9.97 Å². The van der Waals surface area contributed by atoms with Crippen LogP contribution in [0.2, 0.25) is 0 Å². The van der Waals surface area contributed by atoms with E-state index in [-0.39, 0.29) is 43.6 Å². The topological polar surface area (TPSA) is 50.9 Å². The first kappa shape index (κ1) is 35.2. The standard InChI is InChI=1S/C41H46N3OS.Pt/c1-23(2)26-12-15-33-29(19-26)30-20-28(24(3)4)35(22-34(30)44(33)36-18-25(5)16-17-42-36)46-37-21-32(41(9,10)11)27-13-14-31(40(6,7)8)39(45)38(27)43-37;/h12-21,23-24,45H,1-11H3;/q-1;. The van der Waals surface area contributed by atoms with Crippen LogP contribution in [0.1, 0.15) is 109 Å². The fourth-order valence-corrected chi connectivity index (χ4v) is 7.48. The number of rotatable bonds is 5. The minimum Gasteiger partial charge on any atom is -0.505 e. The number of pyridine rings is 2. The Balaban J connectivity index is 0.00000433. The summed E-state index contributed by atoms with van der Waals surface area (Å²) in [6.45, 7) is 24.1. The van der Waals surface area contributed by atoms with E-state index >= 15 is 0 Å². The Morgan fingerprint density at radius 3 is 2.11 bits per heavy atom. The molecule has 0 aliphatic rings. The predicted octanol–water partition coefficient (Wildman–Crippen LogP) is 11.5. The molecular weight excluding hydrogens is 778 g/mol. The van der Waals surface area contributed by atoms with Crippen LogP contribution in [0.4, 0.5) is 0 Å². The van der Waals surface area contributed by atoms with Crippen molar-refractivity contribution >= 4 is 44.5 Å². The number of benzene rings is 3. The number of nitrogens with zero attached hydrogens (tertiary/aromatic N) is 3. The summed E-state index contributed by atoms with van der Waals surface area (Å²) in [6, 6.07) is 23.6. The van der Waals surface area contributed by atoms with Crippen molar-refractivity contribution in [1.82, 2.24) is 14.5 Å². The van der Waals surface area contributed by atoms with Gasteiger partial charge in [0.05, 0.1) is 5.03 Å². The van der Waals surface area contributed by atoms with Gasteiger partial charge in [0.2, 0.25) is 0 Å². The summed E-state index contributed by atoms with van der Waals surface area (Å²) in [7, 11) is 0. The Morgan fingerprint density at radius 1 is 0.787 bits per heavy atom. The summed E-state index contributed by atoms with van der Waals surface area (Å²) in [4.78, 5) is 11.0. The Kier molecular flexibility index (Phi) is 9.51. The molecular formula is C41H46N3OPtS-. The van der Waals surface area contributed by atoms with Crippen molar-refractivity contribution in [2.24, 2.45) is 0 Å². The molecule has 0 saturated carbocycles. The average molecular weight is 824 g/mol. The van der Waals surface area contributed by atoms with Crippen LogP contribution in [0.5, 0.6) is 5.75 Å². The molecule has 0 amide bonds. The molecule has 3 heterocycles.